The number of benzene rings is 1. The maximum atomic E-state index is 13.5. The van der Waals surface area contributed by atoms with Crippen LogP contribution in [0.1, 0.15) is 23.2 Å². The second kappa shape index (κ2) is 7.68. The molecule has 1 heterocycles. The summed E-state index contributed by atoms with van der Waals surface area (Å²) in [6, 6.07) is 4.24. The lowest BCUT2D eigenvalue weighted by molar-refractivity contribution is 0.0948. The zero-order chi connectivity index (χ0) is 13.0. The highest BCUT2D eigenvalue weighted by atomic mass is 35.5. The molecule has 6 heteroatoms. The van der Waals surface area contributed by atoms with Crippen molar-refractivity contribution in [3.05, 3.63) is 34.6 Å². The van der Waals surface area contributed by atoms with E-state index in [0.717, 1.165) is 25.9 Å². The molecule has 2 rings (SSSR count). The molecule has 1 fully saturated rings. The molecule has 19 heavy (non-hydrogen) atoms. The molecule has 0 aliphatic carbocycles. The van der Waals surface area contributed by atoms with Gasteiger partial charge in [-0.2, -0.15) is 0 Å². The van der Waals surface area contributed by atoms with Crippen LogP contribution in [0.2, 0.25) is 5.02 Å². The van der Waals surface area contributed by atoms with Gasteiger partial charge >= 0.3 is 0 Å². The summed E-state index contributed by atoms with van der Waals surface area (Å²) >= 11 is 5.82. The predicted octanol–water partition coefficient (Wildman–Crippen LogP) is 2.63. The maximum absolute atomic E-state index is 13.5. The lowest BCUT2D eigenvalue weighted by atomic mass is 10.1. The van der Waals surface area contributed by atoms with E-state index in [9.17, 15) is 9.18 Å². The Labute approximate surface area is 123 Å². The molecule has 0 spiro atoms. The van der Waals surface area contributed by atoms with Crippen LogP contribution in [0.25, 0.3) is 0 Å². The molecule has 1 aromatic carbocycles. The van der Waals surface area contributed by atoms with Crippen molar-refractivity contribution in [2.24, 2.45) is 5.92 Å². The minimum absolute atomic E-state index is 0. The fourth-order valence-corrected chi connectivity index (χ4v) is 2.40. The number of nitrogens with one attached hydrogen (secondary N) is 2. The van der Waals surface area contributed by atoms with Gasteiger partial charge in [0.05, 0.1) is 10.6 Å². The van der Waals surface area contributed by atoms with Gasteiger partial charge in [-0.05, 0) is 44.0 Å². The van der Waals surface area contributed by atoms with Crippen molar-refractivity contribution in [1.82, 2.24) is 10.6 Å². The lowest BCUT2D eigenvalue weighted by Gasteiger charge is -2.10. The Kier molecular flexibility index (Phi) is 6.55. The number of rotatable bonds is 4. The average Bonchev–Trinajstić information content (AvgIpc) is 2.82. The van der Waals surface area contributed by atoms with Gasteiger partial charge in [0, 0.05) is 6.54 Å². The Morgan fingerprint density at radius 1 is 1.53 bits per heavy atom. The smallest absolute Gasteiger partial charge is 0.255 e. The minimum Gasteiger partial charge on any atom is -0.352 e. The topological polar surface area (TPSA) is 41.1 Å². The van der Waals surface area contributed by atoms with Crippen LogP contribution < -0.4 is 10.6 Å². The van der Waals surface area contributed by atoms with Gasteiger partial charge in [0.25, 0.3) is 5.91 Å². The molecule has 0 aromatic heterocycles. The van der Waals surface area contributed by atoms with Crippen molar-refractivity contribution in [3.8, 4) is 0 Å². The summed E-state index contributed by atoms with van der Waals surface area (Å²) in [5, 5.41) is 6.13. The van der Waals surface area contributed by atoms with Gasteiger partial charge in [-0.15, -0.1) is 12.4 Å². The molecule has 0 saturated carbocycles. The Balaban J connectivity index is 0.00000180. The first-order chi connectivity index (χ1) is 8.68. The zero-order valence-corrected chi connectivity index (χ0v) is 12.0. The van der Waals surface area contributed by atoms with Gasteiger partial charge in [-0.3, -0.25) is 4.79 Å². The summed E-state index contributed by atoms with van der Waals surface area (Å²) < 4.78 is 13.5. The van der Waals surface area contributed by atoms with Crippen LogP contribution in [-0.2, 0) is 0 Å². The summed E-state index contributed by atoms with van der Waals surface area (Å²) in [4.78, 5) is 11.8. The number of carbonyl (C=O) groups excluding carboxylic acids is 1. The molecule has 1 aromatic rings. The van der Waals surface area contributed by atoms with Gasteiger partial charge in [0.1, 0.15) is 5.82 Å². The van der Waals surface area contributed by atoms with E-state index >= 15 is 0 Å². The van der Waals surface area contributed by atoms with Gasteiger partial charge in [-0.25, -0.2) is 4.39 Å². The van der Waals surface area contributed by atoms with E-state index < -0.39 is 11.7 Å². The first-order valence-electron chi connectivity index (χ1n) is 6.11. The number of carbonyl (C=O) groups is 1. The van der Waals surface area contributed by atoms with Crippen LogP contribution >= 0.6 is 24.0 Å². The second-order valence-electron chi connectivity index (χ2n) is 4.50. The van der Waals surface area contributed by atoms with E-state index in [1.165, 1.54) is 18.2 Å². The van der Waals surface area contributed by atoms with Gasteiger partial charge in [0.15, 0.2) is 0 Å². The quantitative estimate of drug-likeness (QED) is 0.898. The summed E-state index contributed by atoms with van der Waals surface area (Å²) in [6.07, 6.45) is 2.04. The highest BCUT2D eigenvalue weighted by molar-refractivity contribution is 6.33. The van der Waals surface area contributed by atoms with Crippen molar-refractivity contribution in [2.75, 3.05) is 19.6 Å². The van der Waals surface area contributed by atoms with Crippen molar-refractivity contribution >= 4 is 29.9 Å². The van der Waals surface area contributed by atoms with Crippen LogP contribution in [0, 0.1) is 11.7 Å². The van der Waals surface area contributed by atoms with E-state index in [0.29, 0.717) is 12.5 Å². The lowest BCUT2D eigenvalue weighted by Crippen LogP contribution is -2.27. The van der Waals surface area contributed by atoms with Gasteiger partial charge in [-0.1, -0.05) is 17.7 Å². The molecule has 0 bridgehead atoms. The highest BCUT2D eigenvalue weighted by Crippen LogP contribution is 2.18. The SMILES string of the molecule is Cl.O=C(NCCC1CCNC1)c1c(F)cccc1Cl. The zero-order valence-electron chi connectivity index (χ0n) is 10.4. The average molecular weight is 307 g/mol. The third-order valence-electron chi connectivity index (χ3n) is 3.19. The largest absolute Gasteiger partial charge is 0.352 e. The molecule has 0 radical (unpaired) electrons. The molecule has 1 saturated heterocycles. The van der Waals surface area contributed by atoms with Crippen molar-refractivity contribution in [2.45, 2.75) is 12.8 Å². The minimum atomic E-state index is -0.581. The van der Waals surface area contributed by atoms with E-state index in [2.05, 4.69) is 10.6 Å². The predicted molar refractivity (Wildman–Crippen MR) is 76.6 cm³/mol. The summed E-state index contributed by atoms with van der Waals surface area (Å²) in [7, 11) is 0. The fraction of sp³-hybridized carbons (Fsp3) is 0.462. The van der Waals surface area contributed by atoms with Crippen LogP contribution in [0.5, 0.6) is 0 Å². The summed E-state index contributed by atoms with van der Waals surface area (Å²) in [5.74, 6) is -0.423. The van der Waals surface area contributed by atoms with E-state index in [4.69, 9.17) is 11.6 Å². The first-order valence-corrected chi connectivity index (χ1v) is 6.49. The van der Waals surface area contributed by atoms with E-state index in [1.54, 1.807) is 0 Å². The monoisotopic (exact) mass is 306 g/mol. The molecule has 1 amide bonds. The summed E-state index contributed by atoms with van der Waals surface area (Å²) in [6.45, 7) is 2.59. The second-order valence-corrected chi connectivity index (χ2v) is 4.91. The number of hydrogen-bond donors (Lipinski definition) is 2. The first kappa shape index (κ1) is 16.2. The molecule has 1 unspecified atom stereocenters. The molecule has 106 valence electrons. The van der Waals surface area contributed by atoms with Crippen LogP contribution in [0.3, 0.4) is 0 Å². The normalized spacial score (nSPS) is 17.9. The standard InChI is InChI=1S/C13H16ClFN2O.ClH/c14-10-2-1-3-11(15)12(10)13(18)17-7-5-9-4-6-16-8-9;/h1-3,9,16H,4-8H2,(H,17,18);1H. The van der Waals surface area contributed by atoms with Gasteiger partial charge < -0.3 is 10.6 Å². The van der Waals surface area contributed by atoms with Crippen molar-refractivity contribution in [3.63, 3.8) is 0 Å². The van der Waals surface area contributed by atoms with E-state index in [-0.39, 0.29) is 23.0 Å². The van der Waals surface area contributed by atoms with Crippen molar-refractivity contribution in [1.29, 1.82) is 0 Å². The maximum Gasteiger partial charge on any atom is 0.255 e. The van der Waals surface area contributed by atoms with E-state index in [1.807, 2.05) is 0 Å². The number of hydrogen-bond acceptors (Lipinski definition) is 2. The Hall–Kier alpha value is -0.840. The van der Waals surface area contributed by atoms with Gasteiger partial charge in [0.2, 0.25) is 0 Å². The highest BCUT2D eigenvalue weighted by Gasteiger charge is 2.17. The Morgan fingerprint density at radius 3 is 2.95 bits per heavy atom. The van der Waals surface area contributed by atoms with Crippen LogP contribution in [-0.4, -0.2) is 25.5 Å². The summed E-state index contributed by atoms with van der Waals surface area (Å²) in [5.41, 5.74) is -0.0660. The third-order valence-corrected chi connectivity index (χ3v) is 3.51. The van der Waals surface area contributed by atoms with Crippen molar-refractivity contribution < 1.29 is 9.18 Å². The Bertz CT molecular complexity index is 416. The fourth-order valence-electron chi connectivity index (χ4n) is 2.15. The molecular weight excluding hydrogens is 290 g/mol. The third kappa shape index (κ3) is 4.34. The number of amides is 1. The molecule has 3 nitrogen and oxygen atoms in total. The molecule has 1 atom stereocenters. The molecular formula is C13H17Cl2FN2O. The molecule has 1 aliphatic heterocycles. The van der Waals surface area contributed by atoms with Crippen LogP contribution in [0.15, 0.2) is 18.2 Å². The Morgan fingerprint density at radius 2 is 2.32 bits per heavy atom. The molecule has 2 N–H and O–H groups in total. The number of halogens is 3. The van der Waals surface area contributed by atoms with Crippen LogP contribution in [0.4, 0.5) is 4.39 Å². The molecule has 1 aliphatic rings.